The molecule has 21 heavy (non-hydrogen) atoms. The molecule has 0 aliphatic carbocycles. The summed E-state index contributed by atoms with van der Waals surface area (Å²) in [5, 5.41) is 3.69. The third-order valence-electron chi connectivity index (χ3n) is 3.00. The van der Waals surface area contributed by atoms with Gasteiger partial charge in [0.1, 0.15) is 11.5 Å². The predicted octanol–water partition coefficient (Wildman–Crippen LogP) is 3.93. The van der Waals surface area contributed by atoms with Crippen LogP contribution in [0.5, 0.6) is 0 Å². The quantitative estimate of drug-likeness (QED) is 0.610. The topological polar surface area (TPSA) is 38.7 Å². The lowest BCUT2D eigenvalue weighted by molar-refractivity contribution is -0.136. The summed E-state index contributed by atoms with van der Waals surface area (Å²) in [5.74, 6) is -1.03. The van der Waals surface area contributed by atoms with Crippen molar-refractivity contribution in [3.05, 3.63) is 75.5 Å². The SMILES string of the molecule is O=C1ON=C(c2ccccc2F)C1=Cc1ccc(Br)cc1. The number of benzene rings is 2. The molecule has 0 radical (unpaired) electrons. The van der Waals surface area contributed by atoms with Crippen molar-refractivity contribution in [3.8, 4) is 0 Å². The van der Waals surface area contributed by atoms with E-state index in [-0.39, 0.29) is 16.8 Å². The zero-order chi connectivity index (χ0) is 14.8. The van der Waals surface area contributed by atoms with Crippen molar-refractivity contribution >= 4 is 33.7 Å². The molecule has 0 N–H and O–H groups in total. The van der Waals surface area contributed by atoms with E-state index in [4.69, 9.17) is 0 Å². The lowest BCUT2D eigenvalue weighted by atomic mass is 10.0. The summed E-state index contributed by atoms with van der Waals surface area (Å²) in [6.07, 6.45) is 1.63. The number of hydrogen-bond acceptors (Lipinski definition) is 3. The smallest absolute Gasteiger partial charge is 0.312 e. The highest BCUT2D eigenvalue weighted by Gasteiger charge is 2.28. The Kier molecular flexibility index (Phi) is 3.66. The van der Waals surface area contributed by atoms with E-state index >= 15 is 0 Å². The number of hydrogen-bond donors (Lipinski definition) is 0. The molecule has 5 heteroatoms. The van der Waals surface area contributed by atoms with Crippen molar-refractivity contribution in [3.63, 3.8) is 0 Å². The largest absolute Gasteiger partial charge is 0.368 e. The summed E-state index contributed by atoms with van der Waals surface area (Å²) in [4.78, 5) is 16.5. The fraction of sp³-hybridized carbons (Fsp3) is 0. The van der Waals surface area contributed by atoms with Crippen LogP contribution in [0.2, 0.25) is 0 Å². The number of carbonyl (C=O) groups is 1. The van der Waals surface area contributed by atoms with Crippen LogP contribution in [0.15, 0.2) is 63.7 Å². The number of carbonyl (C=O) groups excluding carboxylic acids is 1. The second kappa shape index (κ2) is 5.61. The highest BCUT2D eigenvalue weighted by atomic mass is 79.9. The number of nitrogens with zero attached hydrogens (tertiary/aromatic N) is 1. The third-order valence-corrected chi connectivity index (χ3v) is 3.53. The zero-order valence-electron chi connectivity index (χ0n) is 10.7. The van der Waals surface area contributed by atoms with Gasteiger partial charge in [0, 0.05) is 10.0 Å². The van der Waals surface area contributed by atoms with E-state index in [9.17, 15) is 9.18 Å². The van der Waals surface area contributed by atoms with Gasteiger partial charge >= 0.3 is 5.97 Å². The molecule has 104 valence electrons. The first kappa shape index (κ1) is 13.7. The van der Waals surface area contributed by atoms with Gasteiger partial charge in [0.25, 0.3) is 0 Å². The second-order valence-corrected chi connectivity index (χ2v) is 5.32. The monoisotopic (exact) mass is 345 g/mol. The number of rotatable bonds is 2. The minimum Gasteiger partial charge on any atom is -0.312 e. The predicted molar refractivity (Wildman–Crippen MR) is 81.1 cm³/mol. The summed E-state index contributed by atoms with van der Waals surface area (Å²) < 4.78 is 14.8. The lowest BCUT2D eigenvalue weighted by Crippen LogP contribution is -2.08. The Bertz CT molecular complexity index is 766. The van der Waals surface area contributed by atoms with E-state index in [1.807, 2.05) is 24.3 Å². The Morgan fingerprint density at radius 1 is 1.10 bits per heavy atom. The maximum absolute atomic E-state index is 13.9. The molecule has 3 rings (SSSR count). The van der Waals surface area contributed by atoms with Crippen LogP contribution in [-0.2, 0) is 9.63 Å². The van der Waals surface area contributed by atoms with E-state index in [1.54, 1.807) is 24.3 Å². The van der Waals surface area contributed by atoms with Crippen LogP contribution in [0.1, 0.15) is 11.1 Å². The number of halogens is 2. The number of oxime groups is 1. The summed E-state index contributed by atoms with van der Waals surface area (Å²) in [5.41, 5.74) is 1.49. The first-order chi connectivity index (χ1) is 10.1. The van der Waals surface area contributed by atoms with Gasteiger partial charge < -0.3 is 4.84 Å². The van der Waals surface area contributed by atoms with Crippen molar-refractivity contribution < 1.29 is 14.0 Å². The second-order valence-electron chi connectivity index (χ2n) is 4.41. The molecule has 2 aromatic carbocycles. The standard InChI is InChI=1S/C16H9BrFNO2/c17-11-7-5-10(6-8-11)9-13-15(19-21-16(13)20)12-3-1-2-4-14(12)18/h1-9H. The van der Waals surface area contributed by atoms with Crippen LogP contribution < -0.4 is 0 Å². The van der Waals surface area contributed by atoms with Crippen LogP contribution in [0.25, 0.3) is 6.08 Å². The molecule has 0 aromatic heterocycles. The Labute approximate surface area is 128 Å². The molecule has 1 aliphatic rings. The van der Waals surface area contributed by atoms with Crippen LogP contribution in [0.4, 0.5) is 4.39 Å². The molecule has 2 aromatic rings. The van der Waals surface area contributed by atoms with Crippen molar-refractivity contribution in [1.82, 2.24) is 0 Å². The van der Waals surface area contributed by atoms with Crippen LogP contribution >= 0.6 is 15.9 Å². The van der Waals surface area contributed by atoms with Crippen molar-refractivity contribution in [2.75, 3.05) is 0 Å². The van der Waals surface area contributed by atoms with Crippen molar-refractivity contribution in [2.45, 2.75) is 0 Å². The van der Waals surface area contributed by atoms with Crippen LogP contribution in [0.3, 0.4) is 0 Å². The Morgan fingerprint density at radius 3 is 2.52 bits per heavy atom. The van der Waals surface area contributed by atoms with Gasteiger partial charge in [-0.15, -0.1) is 0 Å². The van der Waals surface area contributed by atoms with Gasteiger partial charge in [-0.25, -0.2) is 9.18 Å². The average Bonchev–Trinajstić information content (AvgIpc) is 2.83. The molecule has 1 heterocycles. The molecule has 0 amide bonds. The van der Waals surface area contributed by atoms with Crippen LogP contribution in [0, 0.1) is 5.82 Å². The zero-order valence-corrected chi connectivity index (χ0v) is 12.3. The normalized spacial score (nSPS) is 16.0. The fourth-order valence-electron chi connectivity index (χ4n) is 1.98. The van der Waals surface area contributed by atoms with E-state index in [1.165, 1.54) is 6.07 Å². The summed E-state index contributed by atoms with van der Waals surface area (Å²) in [6.45, 7) is 0. The average molecular weight is 346 g/mol. The minimum atomic E-state index is -0.587. The molecule has 0 saturated heterocycles. The van der Waals surface area contributed by atoms with Gasteiger partial charge in [0.2, 0.25) is 0 Å². The van der Waals surface area contributed by atoms with Gasteiger partial charge in [-0.2, -0.15) is 0 Å². The van der Waals surface area contributed by atoms with Gasteiger partial charge in [0.15, 0.2) is 0 Å². The van der Waals surface area contributed by atoms with E-state index in [2.05, 4.69) is 25.9 Å². The maximum Gasteiger partial charge on any atom is 0.368 e. The summed E-state index contributed by atoms with van der Waals surface area (Å²) in [7, 11) is 0. The van der Waals surface area contributed by atoms with E-state index in [0.29, 0.717) is 0 Å². The molecule has 0 unspecified atom stereocenters. The molecule has 0 saturated carbocycles. The molecular formula is C16H9BrFNO2. The lowest BCUT2D eigenvalue weighted by Gasteiger charge is -2.02. The van der Waals surface area contributed by atoms with Crippen LogP contribution in [-0.4, -0.2) is 11.7 Å². The summed E-state index contributed by atoms with van der Waals surface area (Å²) >= 11 is 3.34. The summed E-state index contributed by atoms with van der Waals surface area (Å²) in [6, 6.07) is 13.5. The molecule has 0 spiro atoms. The molecular weight excluding hydrogens is 337 g/mol. The van der Waals surface area contributed by atoms with Crippen molar-refractivity contribution in [2.24, 2.45) is 5.16 Å². The van der Waals surface area contributed by atoms with E-state index < -0.39 is 11.8 Å². The first-order valence-corrected chi connectivity index (χ1v) is 6.96. The Balaban J connectivity index is 2.04. The molecule has 0 bridgehead atoms. The highest BCUT2D eigenvalue weighted by molar-refractivity contribution is 9.10. The van der Waals surface area contributed by atoms with E-state index in [0.717, 1.165) is 10.0 Å². The maximum atomic E-state index is 13.9. The molecule has 3 nitrogen and oxygen atoms in total. The third kappa shape index (κ3) is 2.78. The first-order valence-electron chi connectivity index (χ1n) is 6.17. The Morgan fingerprint density at radius 2 is 1.81 bits per heavy atom. The van der Waals surface area contributed by atoms with Gasteiger partial charge in [-0.05, 0) is 35.9 Å². The molecule has 0 fully saturated rings. The van der Waals surface area contributed by atoms with Gasteiger partial charge in [-0.3, -0.25) is 0 Å². The fourth-order valence-corrected chi connectivity index (χ4v) is 2.25. The highest BCUT2D eigenvalue weighted by Crippen LogP contribution is 2.23. The van der Waals surface area contributed by atoms with Gasteiger partial charge in [0.05, 0.1) is 5.57 Å². The van der Waals surface area contributed by atoms with Crippen molar-refractivity contribution in [1.29, 1.82) is 0 Å². The minimum absolute atomic E-state index is 0.209. The van der Waals surface area contributed by atoms with Gasteiger partial charge in [-0.1, -0.05) is 45.4 Å². The Hall–Kier alpha value is -2.27. The molecule has 1 aliphatic heterocycles. The molecule has 0 atom stereocenters.